The van der Waals surface area contributed by atoms with Crippen LogP contribution in [0.3, 0.4) is 0 Å². The van der Waals surface area contributed by atoms with E-state index in [0.717, 1.165) is 25.9 Å². The molecule has 1 rings (SSSR count). The zero-order valence-electron chi connectivity index (χ0n) is 11.4. The van der Waals surface area contributed by atoms with Gasteiger partial charge in [0, 0.05) is 13.0 Å². The fraction of sp³-hybridized carbons (Fsp3) is 0.923. The number of hydrogen-bond acceptors (Lipinski definition) is 4. The van der Waals surface area contributed by atoms with Gasteiger partial charge in [0.05, 0.1) is 13.2 Å². The van der Waals surface area contributed by atoms with Crippen molar-refractivity contribution in [2.45, 2.75) is 51.2 Å². The lowest BCUT2D eigenvalue weighted by atomic mass is 9.80. The van der Waals surface area contributed by atoms with E-state index in [0.29, 0.717) is 12.3 Å². The highest BCUT2D eigenvalue weighted by Gasteiger charge is 2.42. The largest absolute Gasteiger partial charge is 0.468 e. The van der Waals surface area contributed by atoms with E-state index in [9.17, 15) is 4.79 Å². The highest BCUT2D eigenvalue weighted by Crippen LogP contribution is 2.31. The molecule has 0 heterocycles. The number of nitrogens with one attached hydrogen (secondary N) is 1. The Kier molecular flexibility index (Phi) is 5.40. The molecule has 0 bridgehead atoms. The maximum absolute atomic E-state index is 11.9. The van der Waals surface area contributed by atoms with Crippen molar-refractivity contribution in [1.82, 2.24) is 5.32 Å². The smallest absolute Gasteiger partial charge is 0.326 e. The number of carbonyl (C=O) groups excluding carboxylic acids is 1. The van der Waals surface area contributed by atoms with Crippen LogP contribution in [-0.2, 0) is 14.3 Å². The first-order valence-corrected chi connectivity index (χ1v) is 6.43. The fourth-order valence-corrected chi connectivity index (χ4v) is 2.40. The normalized spacial score (nSPS) is 29.4. The van der Waals surface area contributed by atoms with Crippen LogP contribution >= 0.6 is 0 Å². The Morgan fingerprint density at radius 1 is 1.53 bits per heavy atom. The van der Waals surface area contributed by atoms with E-state index in [4.69, 9.17) is 9.47 Å². The lowest BCUT2D eigenvalue weighted by Crippen LogP contribution is -2.55. The molecule has 0 spiro atoms. The quantitative estimate of drug-likeness (QED) is 0.747. The maximum Gasteiger partial charge on any atom is 0.326 e. The first-order chi connectivity index (χ1) is 8.04. The number of likely N-dealkylation sites (N-methyl/N-ethyl adjacent to an activating group) is 1. The summed E-state index contributed by atoms with van der Waals surface area (Å²) in [6.07, 6.45) is 3.74. The molecule has 17 heavy (non-hydrogen) atoms. The van der Waals surface area contributed by atoms with Gasteiger partial charge in [-0.05, 0) is 32.2 Å². The minimum atomic E-state index is -0.547. The lowest BCUT2D eigenvalue weighted by molar-refractivity contribution is -0.152. The third-order valence-corrected chi connectivity index (χ3v) is 3.43. The Hall–Kier alpha value is -0.610. The summed E-state index contributed by atoms with van der Waals surface area (Å²) >= 11 is 0. The molecule has 0 aromatic rings. The molecule has 100 valence electrons. The molecule has 0 aliphatic heterocycles. The summed E-state index contributed by atoms with van der Waals surface area (Å²) in [5, 5.41) is 3.13. The molecular weight excluding hydrogens is 218 g/mol. The Balaban J connectivity index is 2.59. The van der Waals surface area contributed by atoms with Gasteiger partial charge in [0.25, 0.3) is 0 Å². The molecular formula is C13H25NO3. The first-order valence-electron chi connectivity index (χ1n) is 6.43. The second kappa shape index (κ2) is 6.36. The molecule has 2 atom stereocenters. The van der Waals surface area contributed by atoms with Crippen LogP contribution in [0.2, 0.25) is 0 Å². The zero-order chi connectivity index (χ0) is 12.9. The van der Waals surface area contributed by atoms with Crippen LogP contribution < -0.4 is 5.32 Å². The summed E-state index contributed by atoms with van der Waals surface area (Å²) in [5.74, 6) is 0.358. The van der Waals surface area contributed by atoms with E-state index in [1.807, 2.05) is 7.05 Å². The third kappa shape index (κ3) is 3.68. The molecule has 0 saturated heterocycles. The molecule has 1 saturated carbocycles. The van der Waals surface area contributed by atoms with Crippen LogP contribution in [0, 0.1) is 5.92 Å². The Labute approximate surface area is 104 Å². The van der Waals surface area contributed by atoms with E-state index in [2.05, 4.69) is 19.2 Å². The number of rotatable bonds is 5. The predicted octanol–water partition coefficient (Wildman–Crippen LogP) is 1.73. The molecule has 0 amide bonds. The summed E-state index contributed by atoms with van der Waals surface area (Å²) in [6, 6.07) is 0. The SMILES string of the molecule is CNC1(C(=O)OC)CCCC(OCC(C)C)C1. The molecule has 4 nitrogen and oxygen atoms in total. The summed E-state index contributed by atoms with van der Waals surface area (Å²) in [5.41, 5.74) is -0.547. The van der Waals surface area contributed by atoms with Gasteiger partial charge in [0.1, 0.15) is 5.54 Å². The molecule has 0 aromatic carbocycles. The van der Waals surface area contributed by atoms with Crippen molar-refractivity contribution < 1.29 is 14.3 Å². The average molecular weight is 243 g/mol. The second-order valence-electron chi connectivity index (χ2n) is 5.27. The van der Waals surface area contributed by atoms with Gasteiger partial charge in [-0.25, -0.2) is 0 Å². The molecule has 2 unspecified atom stereocenters. The molecule has 4 heteroatoms. The van der Waals surface area contributed by atoms with Gasteiger partial charge < -0.3 is 14.8 Å². The molecule has 0 aromatic heterocycles. The van der Waals surface area contributed by atoms with E-state index < -0.39 is 5.54 Å². The van der Waals surface area contributed by atoms with Crippen molar-refractivity contribution in [2.75, 3.05) is 20.8 Å². The van der Waals surface area contributed by atoms with Crippen LogP contribution in [0.15, 0.2) is 0 Å². The minimum absolute atomic E-state index is 0.165. The average Bonchev–Trinajstić information content (AvgIpc) is 2.35. The summed E-state index contributed by atoms with van der Waals surface area (Å²) in [7, 11) is 3.27. The van der Waals surface area contributed by atoms with Crippen LogP contribution in [0.5, 0.6) is 0 Å². The Morgan fingerprint density at radius 3 is 2.76 bits per heavy atom. The highest BCUT2D eigenvalue weighted by atomic mass is 16.5. The van der Waals surface area contributed by atoms with Crippen molar-refractivity contribution in [3.8, 4) is 0 Å². The van der Waals surface area contributed by atoms with Crippen LogP contribution in [0.25, 0.3) is 0 Å². The maximum atomic E-state index is 11.9. The lowest BCUT2D eigenvalue weighted by Gasteiger charge is -2.38. The number of ether oxygens (including phenoxy) is 2. The van der Waals surface area contributed by atoms with Crippen LogP contribution in [0.4, 0.5) is 0 Å². The van der Waals surface area contributed by atoms with E-state index in [1.165, 1.54) is 7.11 Å². The monoisotopic (exact) mass is 243 g/mol. The minimum Gasteiger partial charge on any atom is -0.468 e. The van der Waals surface area contributed by atoms with Gasteiger partial charge in [-0.1, -0.05) is 13.8 Å². The topological polar surface area (TPSA) is 47.6 Å². The highest BCUT2D eigenvalue weighted by molar-refractivity contribution is 5.80. The van der Waals surface area contributed by atoms with E-state index in [1.54, 1.807) is 0 Å². The molecule has 1 N–H and O–H groups in total. The molecule has 1 aliphatic carbocycles. The Bertz CT molecular complexity index is 255. The summed E-state index contributed by atoms with van der Waals surface area (Å²) < 4.78 is 10.7. The molecule has 1 fully saturated rings. The fourth-order valence-electron chi connectivity index (χ4n) is 2.40. The van der Waals surface area contributed by atoms with Crippen molar-refractivity contribution in [3.63, 3.8) is 0 Å². The Morgan fingerprint density at radius 2 is 2.24 bits per heavy atom. The summed E-state index contributed by atoms with van der Waals surface area (Å²) in [6.45, 7) is 5.02. The zero-order valence-corrected chi connectivity index (χ0v) is 11.4. The van der Waals surface area contributed by atoms with Crippen molar-refractivity contribution in [2.24, 2.45) is 5.92 Å². The summed E-state index contributed by atoms with van der Waals surface area (Å²) in [4.78, 5) is 11.9. The van der Waals surface area contributed by atoms with Crippen LogP contribution in [0.1, 0.15) is 39.5 Å². The number of esters is 1. The predicted molar refractivity (Wildman–Crippen MR) is 66.9 cm³/mol. The van der Waals surface area contributed by atoms with Crippen molar-refractivity contribution in [3.05, 3.63) is 0 Å². The first kappa shape index (κ1) is 14.5. The molecule has 0 radical (unpaired) electrons. The van der Waals surface area contributed by atoms with E-state index in [-0.39, 0.29) is 12.1 Å². The van der Waals surface area contributed by atoms with Crippen molar-refractivity contribution in [1.29, 1.82) is 0 Å². The third-order valence-electron chi connectivity index (χ3n) is 3.43. The van der Waals surface area contributed by atoms with Gasteiger partial charge in [-0.15, -0.1) is 0 Å². The standard InChI is InChI=1S/C13H25NO3/c1-10(2)9-17-11-6-5-7-13(8-11,14-3)12(15)16-4/h10-11,14H,5-9H2,1-4H3. The van der Waals surface area contributed by atoms with Gasteiger partial charge >= 0.3 is 5.97 Å². The van der Waals surface area contributed by atoms with Gasteiger partial charge in [-0.2, -0.15) is 0 Å². The number of hydrogen-bond donors (Lipinski definition) is 1. The van der Waals surface area contributed by atoms with Gasteiger partial charge in [-0.3, -0.25) is 4.79 Å². The second-order valence-corrected chi connectivity index (χ2v) is 5.27. The van der Waals surface area contributed by atoms with Crippen molar-refractivity contribution >= 4 is 5.97 Å². The number of methoxy groups -OCH3 is 1. The van der Waals surface area contributed by atoms with E-state index >= 15 is 0 Å². The number of carbonyl (C=O) groups is 1. The molecule has 1 aliphatic rings. The van der Waals surface area contributed by atoms with Crippen LogP contribution in [-0.4, -0.2) is 38.4 Å². The van der Waals surface area contributed by atoms with Gasteiger partial charge in [0.2, 0.25) is 0 Å². The van der Waals surface area contributed by atoms with Gasteiger partial charge in [0.15, 0.2) is 0 Å².